The van der Waals surface area contributed by atoms with Gasteiger partial charge in [-0.25, -0.2) is 0 Å². The van der Waals surface area contributed by atoms with Gasteiger partial charge in [-0.3, -0.25) is 4.79 Å². The maximum Gasteiger partial charge on any atom is 0.186 e. The quantitative estimate of drug-likeness (QED) is 0.147. The van der Waals surface area contributed by atoms with E-state index in [0.29, 0.717) is 44.4 Å². The van der Waals surface area contributed by atoms with Gasteiger partial charge in [0.05, 0.1) is 25.4 Å². The molecule has 0 radical (unpaired) electrons. The first-order chi connectivity index (χ1) is 24.0. The smallest absolute Gasteiger partial charge is 0.186 e. The van der Waals surface area contributed by atoms with E-state index in [1.807, 2.05) is 0 Å². The first-order valence-electron chi connectivity index (χ1n) is 19.2. The first-order valence-corrected chi connectivity index (χ1v) is 19.2. The van der Waals surface area contributed by atoms with Gasteiger partial charge in [-0.1, -0.05) is 46.3 Å². The lowest BCUT2D eigenvalue weighted by molar-refractivity contribution is -0.313. The molecular formula is C38H62O13. The van der Waals surface area contributed by atoms with E-state index in [1.54, 1.807) is 6.92 Å². The molecule has 51 heavy (non-hydrogen) atoms. The van der Waals surface area contributed by atoms with Crippen LogP contribution in [0.3, 0.4) is 0 Å². The van der Waals surface area contributed by atoms with Gasteiger partial charge in [0.15, 0.2) is 12.6 Å². The fraction of sp³-hybridized carbons (Fsp3) is 0.921. The van der Waals surface area contributed by atoms with E-state index in [-0.39, 0.29) is 41.7 Å². The number of fused-ring (bicyclic) bond motifs is 5. The van der Waals surface area contributed by atoms with Crippen molar-refractivity contribution >= 4 is 5.78 Å². The zero-order valence-electron chi connectivity index (χ0n) is 30.7. The van der Waals surface area contributed by atoms with E-state index < -0.39 is 85.0 Å². The Morgan fingerprint density at radius 2 is 1.63 bits per heavy atom. The first kappa shape index (κ1) is 39.6. The second-order valence-corrected chi connectivity index (χ2v) is 17.5. The van der Waals surface area contributed by atoms with E-state index in [9.17, 15) is 45.6 Å². The molecule has 2 heterocycles. The summed E-state index contributed by atoms with van der Waals surface area (Å²) < 4.78 is 23.9. The van der Waals surface area contributed by atoms with Crippen LogP contribution in [0.15, 0.2) is 11.6 Å². The summed E-state index contributed by atoms with van der Waals surface area (Å²) in [6, 6.07) is 0. The Kier molecular flexibility index (Phi) is 11.6. The average Bonchev–Trinajstić information content (AvgIpc) is 3.33. The lowest BCUT2D eigenvalue weighted by atomic mass is 9.46. The van der Waals surface area contributed by atoms with Gasteiger partial charge < -0.3 is 59.8 Å². The monoisotopic (exact) mass is 726 g/mol. The lowest BCUT2D eigenvalue weighted by Gasteiger charge is -2.59. The number of aliphatic hydroxyl groups is 8. The molecule has 3 saturated carbocycles. The summed E-state index contributed by atoms with van der Waals surface area (Å²) in [5.41, 5.74) is -1.15. The van der Waals surface area contributed by atoms with Crippen LogP contribution in [-0.4, -0.2) is 133 Å². The molecule has 5 fully saturated rings. The standard InChI is InChI=1S/C38H62O13/c1-18(2)6-9-25(40)19(3)38(47)28(51-34-32(45)29(42)26(41)17-48-34)15-24-22-8-7-20-14-21(10-12-36(20,4)23(22)11-13-37(24,38)5)49-35-33(46)31(44)30(43)27(16-39)50-35/h7,18-19,21-24,26-35,39,41-47H,6,8-17H2,1-5H3/t19-,21-,22+,23-,24-,26-,27+,28-,29-,30+,31-,32+,33+,34-,35+,36-,37-,38+/m0/s1. The van der Waals surface area contributed by atoms with Crippen LogP contribution in [0, 0.1) is 40.4 Å². The summed E-state index contributed by atoms with van der Waals surface area (Å²) in [5.74, 6) is 0.00525. The highest BCUT2D eigenvalue weighted by molar-refractivity contribution is 5.82. The van der Waals surface area contributed by atoms with Gasteiger partial charge in [-0.2, -0.15) is 0 Å². The summed E-state index contributed by atoms with van der Waals surface area (Å²) >= 11 is 0. The molecule has 13 heteroatoms. The topological polar surface area (TPSA) is 216 Å². The van der Waals surface area contributed by atoms with Crippen molar-refractivity contribution in [3.05, 3.63) is 11.6 Å². The molecule has 6 rings (SSSR count). The molecule has 18 atom stereocenters. The number of hydrogen-bond acceptors (Lipinski definition) is 13. The van der Waals surface area contributed by atoms with Gasteiger partial charge in [0.1, 0.15) is 54.1 Å². The molecule has 0 aromatic rings. The van der Waals surface area contributed by atoms with Crippen molar-refractivity contribution in [1.29, 1.82) is 0 Å². The van der Waals surface area contributed by atoms with Crippen molar-refractivity contribution < 1.29 is 64.6 Å². The molecule has 0 unspecified atom stereocenters. The van der Waals surface area contributed by atoms with Gasteiger partial charge in [-0.15, -0.1) is 0 Å². The minimum absolute atomic E-state index is 0.0134. The van der Waals surface area contributed by atoms with E-state index in [1.165, 1.54) is 5.57 Å². The van der Waals surface area contributed by atoms with Crippen LogP contribution in [0.1, 0.15) is 92.4 Å². The summed E-state index contributed by atoms with van der Waals surface area (Å²) in [4.78, 5) is 13.8. The third-order valence-electron chi connectivity index (χ3n) is 14.4. The van der Waals surface area contributed by atoms with E-state index in [0.717, 1.165) is 19.3 Å². The molecule has 2 saturated heterocycles. The van der Waals surface area contributed by atoms with Crippen molar-refractivity contribution in [3.63, 3.8) is 0 Å². The second kappa shape index (κ2) is 14.9. The lowest BCUT2D eigenvalue weighted by Crippen LogP contribution is -2.62. The molecule has 2 aliphatic heterocycles. The van der Waals surface area contributed by atoms with Crippen LogP contribution in [0.5, 0.6) is 0 Å². The number of Topliss-reactive ketones (excluding diaryl/α,β-unsaturated/α-hetero) is 1. The maximum atomic E-state index is 13.8. The van der Waals surface area contributed by atoms with Crippen molar-refractivity contribution in [2.75, 3.05) is 13.2 Å². The molecule has 0 bridgehead atoms. The zero-order valence-corrected chi connectivity index (χ0v) is 30.7. The number of aliphatic hydroxyl groups excluding tert-OH is 7. The maximum absolute atomic E-state index is 13.8. The Morgan fingerprint density at radius 1 is 0.922 bits per heavy atom. The van der Waals surface area contributed by atoms with Crippen LogP contribution >= 0.6 is 0 Å². The van der Waals surface area contributed by atoms with Crippen molar-refractivity contribution in [2.24, 2.45) is 40.4 Å². The number of carbonyl (C=O) groups is 1. The minimum Gasteiger partial charge on any atom is -0.394 e. The molecule has 0 spiro atoms. The Balaban J connectivity index is 1.24. The van der Waals surface area contributed by atoms with Gasteiger partial charge in [0.25, 0.3) is 0 Å². The predicted octanol–water partition coefficient (Wildman–Crippen LogP) is 0.941. The van der Waals surface area contributed by atoms with E-state index in [4.69, 9.17) is 18.9 Å². The predicted molar refractivity (Wildman–Crippen MR) is 182 cm³/mol. The van der Waals surface area contributed by atoms with Crippen LogP contribution in [-0.2, 0) is 23.7 Å². The van der Waals surface area contributed by atoms with Gasteiger partial charge in [-0.05, 0) is 80.5 Å². The molecule has 6 aliphatic rings. The number of carbonyl (C=O) groups excluding carboxylic acids is 1. The summed E-state index contributed by atoms with van der Waals surface area (Å²) in [7, 11) is 0. The Morgan fingerprint density at radius 3 is 2.31 bits per heavy atom. The molecule has 4 aliphatic carbocycles. The van der Waals surface area contributed by atoms with E-state index >= 15 is 0 Å². The molecule has 8 N–H and O–H groups in total. The highest BCUT2D eigenvalue weighted by Crippen LogP contribution is 2.69. The Labute approximate surface area is 300 Å². The van der Waals surface area contributed by atoms with Gasteiger partial charge >= 0.3 is 0 Å². The zero-order chi connectivity index (χ0) is 37.2. The summed E-state index contributed by atoms with van der Waals surface area (Å²) in [5, 5.41) is 85.0. The number of ether oxygens (including phenoxy) is 4. The van der Waals surface area contributed by atoms with Crippen molar-refractivity contribution in [3.8, 4) is 0 Å². The summed E-state index contributed by atoms with van der Waals surface area (Å²) in [6.07, 6.45) is -5.17. The van der Waals surface area contributed by atoms with Crippen molar-refractivity contribution in [2.45, 2.75) is 166 Å². The van der Waals surface area contributed by atoms with Gasteiger partial charge in [0, 0.05) is 17.8 Å². The Hall–Kier alpha value is -1.07. The number of allylic oxidation sites excluding steroid dienone is 1. The highest BCUT2D eigenvalue weighted by atomic mass is 16.7. The van der Waals surface area contributed by atoms with Crippen LogP contribution in [0.25, 0.3) is 0 Å². The third kappa shape index (κ3) is 6.69. The third-order valence-corrected chi connectivity index (χ3v) is 14.4. The SMILES string of the molecule is CC(C)CCC(=O)[C@H](C)[C@@]1(O)[C@@H](O[C@@H]2OC[C@H](O)[C@H](O)[C@H]2O)C[C@H]2[C@@H]3CC=C4C[C@@H](O[C@@H]5O[C@H](CO)[C@@H](O)[C@H](O)[C@H]5O)CC[C@]4(C)[C@H]3CC[C@@]21C. The van der Waals surface area contributed by atoms with Crippen LogP contribution < -0.4 is 0 Å². The molecule has 13 nitrogen and oxygen atoms in total. The normalized spacial score (nSPS) is 50.6. The number of rotatable bonds is 10. The van der Waals surface area contributed by atoms with E-state index in [2.05, 4.69) is 33.8 Å². The summed E-state index contributed by atoms with van der Waals surface area (Å²) in [6.45, 7) is 9.57. The van der Waals surface area contributed by atoms with Crippen LogP contribution in [0.2, 0.25) is 0 Å². The minimum atomic E-state index is -1.57. The molecular weight excluding hydrogens is 664 g/mol. The van der Waals surface area contributed by atoms with Crippen molar-refractivity contribution in [1.82, 2.24) is 0 Å². The molecule has 0 amide bonds. The number of hydrogen-bond donors (Lipinski definition) is 8. The molecule has 0 aromatic carbocycles. The second-order valence-electron chi connectivity index (χ2n) is 17.5. The van der Waals surface area contributed by atoms with Crippen LogP contribution in [0.4, 0.5) is 0 Å². The number of ketones is 1. The largest absolute Gasteiger partial charge is 0.394 e. The molecule has 292 valence electrons. The molecule has 0 aromatic heterocycles. The highest BCUT2D eigenvalue weighted by Gasteiger charge is 2.70. The fourth-order valence-electron chi connectivity index (χ4n) is 11.0. The Bertz CT molecular complexity index is 1280. The van der Waals surface area contributed by atoms with Gasteiger partial charge in [0.2, 0.25) is 0 Å². The average molecular weight is 727 g/mol. The fourth-order valence-corrected chi connectivity index (χ4v) is 11.0.